The normalized spacial score (nSPS) is 16.9. The van der Waals surface area contributed by atoms with Crippen molar-refractivity contribution >= 4 is 42.3 Å². The van der Waals surface area contributed by atoms with Crippen LogP contribution in [0.15, 0.2) is 0 Å². The summed E-state index contributed by atoms with van der Waals surface area (Å²) in [4.78, 5) is 58.9. The molecule has 0 heterocycles. The van der Waals surface area contributed by atoms with E-state index in [1.54, 1.807) is 13.8 Å². The Kier molecular flexibility index (Phi) is 12.0. The number of aliphatic carboxylic acids is 2. The molecule has 0 aliphatic rings. The van der Waals surface area contributed by atoms with E-state index >= 15 is 0 Å². The van der Waals surface area contributed by atoms with Crippen LogP contribution in [-0.2, 0) is 24.0 Å². The Bertz CT molecular complexity index is 645. The predicted octanol–water partition coefficient (Wildman–Crippen LogP) is -2.32. The lowest BCUT2D eigenvalue weighted by Gasteiger charge is -2.26. The van der Waals surface area contributed by atoms with Gasteiger partial charge in [-0.05, 0) is 12.8 Å². The smallest absolute Gasteiger partial charge is 0.326 e. The summed E-state index contributed by atoms with van der Waals surface area (Å²) in [6.07, 6.45) is -1.60. The number of aliphatic hydroxyl groups excluding tert-OH is 1. The van der Waals surface area contributed by atoms with Gasteiger partial charge >= 0.3 is 11.9 Å². The number of carboxylic acid groups (broad SMARTS) is 2. The van der Waals surface area contributed by atoms with E-state index in [9.17, 15) is 34.2 Å². The molecule has 0 radical (unpaired) electrons. The van der Waals surface area contributed by atoms with Crippen LogP contribution < -0.4 is 21.7 Å². The highest BCUT2D eigenvalue weighted by molar-refractivity contribution is 7.80. The number of carboxylic acids is 2. The second kappa shape index (κ2) is 13.0. The van der Waals surface area contributed by atoms with E-state index in [1.165, 1.54) is 6.92 Å². The first-order chi connectivity index (χ1) is 13.8. The van der Waals surface area contributed by atoms with E-state index in [2.05, 4.69) is 28.6 Å². The number of nitrogens with two attached hydrogens (primary N) is 1. The molecule has 0 aromatic heterocycles. The molecule has 0 aromatic carbocycles. The summed E-state index contributed by atoms with van der Waals surface area (Å²) in [5, 5.41) is 34.5. The molecule has 0 aliphatic carbocycles. The fourth-order valence-electron chi connectivity index (χ4n) is 2.34. The van der Waals surface area contributed by atoms with Crippen LogP contribution in [-0.4, -0.2) is 81.0 Å². The van der Waals surface area contributed by atoms with Crippen molar-refractivity contribution in [1.82, 2.24) is 16.0 Å². The van der Waals surface area contributed by atoms with Crippen molar-refractivity contribution in [2.45, 2.75) is 63.9 Å². The zero-order valence-corrected chi connectivity index (χ0v) is 17.9. The third kappa shape index (κ3) is 8.97. The second-order valence-corrected chi connectivity index (χ2v) is 7.25. The van der Waals surface area contributed by atoms with Crippen molar-refractivity contribution in [3.05, 3.63) is 0 Å². The third-order valence-corrected chi connectivity index (χ3v) is 4.75. The van der Waals surface area contributed by atoms with Crippen molar-refractivity contribution in [2.24, 2.45) is 11.7 Å². The minimum atomic E-state index is -1.53. The summed E-state index contributed by atoms with van der Waals surface area (Å²) in [6.45, 7) is 4.61. The van der Waals surface area contributed by atoms with Crippen LogP contribution in [0.4, 0.5) is 0 Å². The minimum absolute atomic E-state index is 0.191. The van der Waals surface area contributed by atoms with E-state index in [4.69, 9.17) is 10.8 Å². The molecular formula is C17H30N4O8S. The van der Waals surface area contributed by atoms with Crippen LogP contribution in [0.25, 0.3) is 0 Å². The van der Waals surface area contributed by atoms with Crippen LogP contribution in [0.5, 0.6) is 0 Å². The van der Waals surface area contributed by atoms with Gasteiger partial charge in [-0.3, -0.25) is 19.2 Å². The number of carbonyl (C=O) groups is 5. The van der Waals surface area contributed by atoms with Crippen molar-refractivity contribution in [3.63, 3.8) is 0 Å². The van der Waals surface area contributed by atoms with Gasteiger partial charge in [-0.1, -0.05) is 20.3 Å². The van der Waals surface area contributed by atoms with Gasteiger partial charge in [0.15, 0.2) is 0 Å². The fraction of sp³-hybridized carbons (Fsp3) is 0.706. The topological polar surface area (TPSA) is 208 Å². The Morgan fingerprint density at radius 2 is 1.47 bits per heavy atom. The lowest BCUT2D eigenvalue weighted by Crippen LogP contribution is -2.60. The Labute approximate surface area is 179 Å². The van der Waals surface area contributed by atoms with Crippen molar-refractivity contribution in [2.75, 3.05) is 5.75 Å². The zero-order valence-electron chi connectivity index (χ0n) is 17.0. The standard InChI is InChI=1S/C17H30N4O8S/c1-4-7(2)12(17(28)29)20-15(26)10(6-30)19-16(27)13(8(3)22)21-14(25)9(18)5-11(23)24/h7-10,12-13,22,30H,4-6,18H2,1-3H3,(H,19,27)(H,20,26)(H,21,25)(H,23,24)(H,28,29). The van der Waals surface area contributed by atoms with Crippen molar-refractivity contribution < 1.29 is 39.3 Å². The number of rotatable bonds is 13. The van der Waals surface area contributed by atoms with E-state index in [1.807, 2.05) is 0 Å². The van der Waals surface area contributed by atoms with Gasteiger partial charge in [-0.15, -0.1) is 0 Å². The molecule has 172 valence electrons. The lowest BCUT2D eigenvalue weighted by atomic mass is 9.99. The molecule has 0 rings (SSSR count). The number of nitrogens with one attached hydrogen (secondary N) is 3. The molecule has 0 aliphatic heterocycles. The summed E-state index contributed by atoms with van der Waals surface area (Å²) >= 11 is 3.98. The Balaban J connectivity index is 5.22. The van der Waals surface area contributed by atoms with Crippen LogP contribution in [0.1, 0.15) is 33.6 Å². The van der Waals surface area contributed by atoms with Crippen LogP contribution in [0, 0.1) is 5.92 Å². The SMILES string of the molecule is CCC(C)C(NC(=O)C(CS)NC(=O)C(NC(=O)C(N)CC(=O)O)C(C)O)C(=O)O. The molecule has 0 saturated heterocycles. The molecule has 0 saturated carbocycles. The maximum atomic E-state index is 12.5. The Morgan fingerprint density at radius 3 is 1.87 bits per heavy atom. The highest BCUT2D eigenvalue weighted by atomic mass is 32.1. The summed E-state index contributed by atoms with van der Waals surface area (Å²) in [5.41, 5.74) is 5.43. The predicted molar refractivity (Wildman–Crippen MR) is 109 cm³/mol. The van der Waals surface area contributed by atoms with Crippen molar-refractivity contribution in [1.29, 1.82) is 0 Å². The van der Waals surface area contributed by atoms with Gasteiger partial charge in [0.05, 0.1) is 18.6 Å². The molecule has 13 heteroatoms. The van der Waals surface area contributed by atoms with Gasteiger partial charge in [0.25, 0.3) is 0 Å². The molecule has 0 aromatic rings. The van der Waals surface area contributed by atoms with Gasteiger partial charge in [0, 0.05) is 5.75 Å². The molecule has 6 unspecified atom stereocenters. The highest BCUT2D eigenvalue weighted by Crippen LogP contribution is 2.08. The summed E-state index contributed by atoms with van der Waals surface area (Å²) in [6, 6.07) is -5.41. The first-order valence-electron chi connectivity index (χ1n) is 9.25. The molecule has 8 N–H and O–H groups in total. The summed E-state index contributed by atoms with van der Waals surface area (Å²) < 4.78 is 0. The molecule has 6 atom stereocenters. The molecule has 12 nitrogen and oxygen atoms in total. The average Bonchev–Trinajstić information content (AvgIpc) is 2.65. The van der Waals surface area contributed by atoms with E-state index in [-0.39, 0.29) is 11.7 Å². The molecule has 0 bridgehead atoms. The first kappa shape index (κ1) is 27.6. The number of hydrogen-bond donors (Lipinski definition) is 8. The third-order valence-electron chi connectivity index (χ3n) is 4.39. The van der Waals surface area contributed by atoms with Crippen LogP contribution in [0.3, 0.4) is 0 Å². The number of carbonyl (C=O) groups excluding carboxylic acids is 3. The monoisotopic (exact) mass is 450 g/mol. The second-order valence-electron chi connectivity index (χ2n) is 6.88. The van der Waals surface area contributed by atoms with E-state index in [0.717, 1.165) is 0 Å². The number of aliphatic hydroxyl groups is 1. The maximum Gasteiger partial charge on any atom is 0.326 e. The summed E-state index contributed by atoms with van der Waals surface area (Å²) in [5.74, 6) is -5.85. The van der Waals surface area contributed by atoms with Gasteiger partial charge in [-0.2, -0.15) is 12.6 Å². The largest absolute Gasteiger partial charge is 0.481 e. The van der Waals surface area contributed by atoms with E-state index in [0.29, 0.717) is 6.42 Å². The first-order valence-corrected chi connectivity index (χ1v) is 9.89. The van der Waals surface area contributed by atoms with Crippen LogP contribution in [0.2, 0.25) is 0 Å². The molecule has 0 fully saturated rings. The molecule has 30 heavy (non-hydrogen) atoms. The van der Waals surface area contributed by atoms with Gasteiger partial charge in [-0.25, -0.2) is 4.79 Å². The average molecular weight is 451 g/mol. The van der Waals surface area contributed by atoms with Gasteiger partial charge in [0.1, 0.15) is 18.1 Å². The molecule has 3 amide bonds. The van der Waals surface area contributed by atoms with Crippen LogP contribution >= 0.6 is 12.6 Å². The van der Waals surface area contributed by atoms with Crippen molar-refractivity contribution in [3.8, 4) is 0 Å². The number of thiol groups is 1. The number of hydrogen-bond acceptors (Lipinski definition) is 8. The number of amides is 3. The quantitative estimate of drug-likeness (QED) is 0.141. The lowest BCUT2D eigenvalue weighted by molar-refractivity contribution is -0.143. The highest BCUT2D eigenvalue weighted by Gasteiger charge is 2.33. The Morgan fingerprint density at radius 1 is 0.933 bits per heavy atom. The molecular weight excluding hydrogens is 420 g/mol. The molecule has 0 spiro atoms. The van der Waals surface area contributed by atoms with Gasteiger partial charge in [0.2, 0.25) is 17.7 Å². The Hall–Kier alpha value is -2.38. The zero-order chi connectivity index (χ0) is 23.6. The fourth-order valence-corrected chi connectivity index (χ4v) is 2.60. The maximum absolute atomic E-state index is 12.5. The minimum Gasteiger partial charge on any atom is -0.481 e. The van der Waals surface area contributed by atoms with Gasteiger partial charge < -0.3 is 37.0 Å². The summed E-state index contributed by atoms with van der Waals surface area (Å²) in [7, 11) is 0. The van der Waals surface area contributed by atoms with E-state index < -0.39 is 66.4 Å².